The van der Waals surface area contributed by atoms with Gasteiger partial charge in [0.1, 0.15) is 0 Å². The van der Waals surface area contributed by atoms with Gasteiger partial charge < -0.3 is 15.4 Å². The summed E-state index contributed by atoms with van der Waals surface area (Å²) in [5.41, 5.74) is 2.51. The van der Waals surface area contributed by atoms with Crippen molar-refractivity contribution >= 4 is 11.7 Å². The Morgan fingerprint density at radius 1 is 1.32 bits per heavy atom. The van der Waals surface area contributed by atoms with E-state index in [0.29, 0.717) is 24.6 Å². The molecule has 0 saturated heterocycles. The van der Waals surface area contributed by atoms with Crippen LogP contribution in [0.3, 0.4) is 0 Å². The average molecular weight is 299 g/mol. The van der Waals surface area contributed by atoms with Gasteiger partial charge in [-0.2, -0.15) is 5.26 Å². The lowest BCUT2D eigenvalue weighted by Gasteiger charge is -2.12. The monoisotopic (exact) mass is 299 g/mol. The van der Waals surface area contributed by atoms with Gasteiger partial charge in [0.2, 0.25) is 0 Å². The summed E-state index contributed by atoms with van der Waals surface area (Å²) in [5.74, 6) is 1.22. The van der Waals surface area contributed by atoms with Crippen LogP contribution in [0.1, 0.15) is 42.7 Å². The number of carbonyl (C=O) groups excluding carboxylic acids is 1. The summed E-state index contributed by atoms with van der Waals surface area (Å²) in [6, 6.07) is 7.36. The highest BCUT2D eigenvalue weighted by Gasteiger charge is 2.27. The van der Waals surface area contributed by atoms with Gasteiger partial charge >= 0.3 is 6.03 Å². The topological polar surface area (TPSA) is 74.2 Å². The summed E-state index contributed by atoms with van der Waals surface area (Å²) >= 11 is 0. The highest BCUT2D eigenvalue weighted by atomic mass is 16.5. The third kappa shape index (κ3) is 4.22. The van der Waals surface area contributed by atoms with Crippen molar-refractivity contribution in [3.05, 3.63) is 29.3 Å². The summed E-state index contributed by atoms with van der Waals surface area (Å²) in [6.45, 7) is 1.87. The van der Waals surface area contributed by atoms with Gasteiger partial charge in [0.15, 0.2) is 0 Å². The molecule has 0 spiro atoms. The molecule has 0 heterocycles. The molecule has 0 atom stereocenters. The lowest BCUT2D eigenvalue weighted by Crippen LogP contribution is -2.32. The molecule has 5 nitrogen and oxygen atoms in total. The van der Waals surface area contributed by atoms with Crippen LogP contribution in [0.2, 0.25) is 0 Å². The summed E-state index contributed by atoms with van der Waals surface area (Å²) in [7, 11) is 0. The molecule has 2 aliphatic rings. The number of hydrogen-bond acceptors (Lipinski definition) is 3. The van der Waals surface area contributed by atoms with Crippen molar-refractivity contribution in [3.8, 4) is 6.07 Å². The molecular formula is C17H21N3O2. The highest BCUT2D eigenvalue weighted by Crippen LogP contribution is 2.43. The number of hydrogen-bond donors (Lipinski definition) is 2. The minimum atomic E-state index is -0.221. The maximum absolute atomic E-state index is 11.9. The minimum absolute atomic E-state index is 0.221. The van der Waals surface area contributed by atoms with Crippen molar-refractivity contribution in [3.63, 3.8) is 0 Å². The zero-order chi connectivity index (χ0) is 15.4. The van der Waals surface area contributed by atoms with Crippen LogP contribution in [0.5, 0.6) is 0 Å². The molecular weight excluding hydrogens is 278 g/mol. The van der Waals surface area contributed by atoms with E-state index >= 15 is 0 Å². The first-order chi connectivity index (χ1) is 10.8. The maximum atomic E-state index is 11.9. The Bertz CT molecular complexity index is 586. The van der Waals surface area contributed by atoms with Crippen LogP contribution < -0.4 is 10.6 Å². The molecule has 0 unspecified atom stereocenters. The summed E-state index contributed by atoms with van der Waals surface area (Å²) < 4.78 is 5.48. The van der Waals surface area contributed by atoms with Crippen molar-refractivity contribution in [2.24, 2.45) is 5.92 Å². The highest BCUT2D eigenvalue weighted by molar-refractivity contribution is 5.90. The molecule has 1 aromatic rings. The van der Waals surface area contributed by atoms with Crippen molar-refractivity contribution in [2.45, 2.75) is 31.6 Å². The number of carbonyl (C=O) groups is 1. The zero-order valence-corrected chi connectivity index (χ0v) is 12.6. The number of benzene rings is 1. The largest absolute Gasteiger partial charge is 0.379 e. The maximum Gasteiger partial charge on any atom is 0.319 e. The van der Waals surface area contributed by atoms with Gasteiger partial charge in [0.05, 0.1) is 18.2 Å². The van der Waals surface area contributed by atoms with E-state index in [1.165, 1.54) is 12.8 Å². The molecule has 3 rings (SSSR count). The van der Waals surface area contributed by atoms with Crippen LogP contribution in [0, 0.1) is 17.2 Å². The number of nitrogens with zero attached hydrogens (tertiary/aromatic N) is 1. The quantitative estimate of drug-likeness (QED) is 0.760. The lowest BCUT2D eigenvalue weighted by molar-refractivity contribution is 0.127. The second kappa shape index (κ2) is 6.80. The van der Waals surface area contributed by atoms with Gasteiger partial charge in [-0.05, 0) is 61.3 Å². The Morgan fingerprint density at radius 2 is 2.14 bits per heavy atom. The minimum Gasteiger partial charge on any atom is -0.379 e. The number of nitriles is 1. The molecule has 0 bridgehead atoms. The number of anilines is 1. The van der Waals surface area contributed by atoms with E-state index in [-0.39, 0.29) is 6.03 Å². The number of amides is 2. The number of rotatable bonds is 7. The summed E-state index contributed by atoms with van der Waals surface area (Å²) in [4.78, 5) is 11.9. The SMILES string of the molecule is N#Cc1ccc(NC(=O)NCCOCC2CC2)c(C2CC2)c1. The van der Waals surface area contributed by atoms with Gasteiger partial charge in [-0.3, -0.25) is 0 Å². The first kappa shape index (κ1) is 14.9. The number of ether oxygens (including phenoxy) is 1. The fourth-order valence-electron chi connectivity index (χ4n) is 2.42. The van der Waals surface area contributed by atoms with Crippen LogP contribution in [-0.4, -0.2) is 25.8 Å². The Balaban J connectivity index is 1.47. The summed E-state index contributed by atoms with van der Waals surface area (Å²) in [5, 5.41) is 14.7. The normalized spacial score (nSPS) is 16.9. The van der Waals surface area contributed by atoms with E-state index in [0.717, 1.165) is 36.6 Å². The lowest BCUT2D eigenvalue weighted by atomic mass is 10.1. The third-order valence-electron chi connectivity index (χ3n) is 4.03. The molecule has 0 aromatic heterocycles. The predicted octanol–water partition coefficient (Wildman–Crippen LogP) is 2.98. The van der Waals surface area contributed by atoms with Gasteiger partial charge in [0, 0.05) is 18.8 Å². The van der Waals surface area contributed by atoms with E-state index in [2.05, 4.69) is 16.7 Å². The van der Waals surface area contributed by atoms with Gasteiger partial charge in [-0.1, -0.05) is 0 Å². The van der Waals surface area contributed by atoms with Crippen molar-refractivity contribution in [2.75, 3.05) is 25.1 Å². The van der Waals surface area contributed by atoms with Gasteiger partial charge in [0.25, 0.3) is 0 Å². The molecule has 2 amide bonds. The van der Waals surface area contributed by atoms with Crippen LogP contribution in [0.15, 0.2) is 18.2 Å². The van der Waals surface area contributed by atoms with Crippen molar-refractivity contribution in [1.82, 2.24) is 5.32 Å². The molecule has 2 saturated carbocycles. The summed E-state index contributed by atoms with van der Waals surface area (Å²) in [6.07, 6.45) is 4.80. The molecule has 0 radical (unpaired) electrons. The van der Waals surface area contributed by atoms with E-state index in [4.69, 9.17) is 10.00 Å². The molecule has 2 aliphatic carbocycles. The Kier molecular flexibility index (Phi) is 4.59. The average Bonchev–Trinajstić information content (AvgIpc) is 3.39. The fourth-order valence-corrected chi connectivity index (χ4v) is 2.42. The van der Waals surface area contributed by atoms with E-state index in [9.17, 15) is 4.79 Å². The van der Waals surface area contributed by atoms with Crippen LogP contribution in [0.25, 0.3) is 0 Å². The molecule has 22 heavy (non-hydrogen) atoms. The zero-order valence-electron chi connectivity index (χ0n) is 12.6. The molecule has 116 valence electrons. The molecule has 5 heteroatoms. The number of nitrogens with one attached hydrogen (secondary N) is 2. The molecule has 2 N–H and O–H groups in total. The van der Waals surface area contributed by atoms with Gasteiger partial charge in [-0.25, -0.2) is 4.79 Å². The Labute approximate surface area is 130 Å². The third-order valence-corrected chi connectivity index (χ3v) is 4.03. The van der Waals surface area contributed by atoms with Crippen LogP contribution in [-0.2, 0) is 4.74 Å². The standard InChI is InChI=1S/C17H21N3O2/c18-10-13-3-6-16(15(9-13)14-4-5-14)20-17(21)19-7-8-22-11-12-1-2-12/h3,6,9,12,14H,1-2,4-5,7-8,11H2,(H2,19,20,21). The Hall–Kier alpha value is -2.06. The smallest absolute Gasteiger partial charge is 0.319 e. The van der Waals surface area contributed by atoms with E-state index in [1.54, 1.807) is 6.07 Å². The Morgan fingerprint density at radius 3 is 2.82 bits per heavy atom. The van der Waals surface area contributed by atoms with Gasteiger partial charge in [-0.15, -0.1) is 0 Å². The second-order valence-electron chi connectivity index (χ2n) is 6.09. The second-order valence-corrected chi connectivity index (χ2v) is 6.09. The first-order valence-corrected chi connectivity index (χ1v) is 7.93. The molecule has 2 fully saturated rings. The van der Waals surface area contributed by atoms with E-state index in [1.807, 2.05) is 12.1 Å². The van der Waals surface area contributed by atoms with Crippen molar-refractivity contribution in [1.29, 1.82) is 5.26 Å². The van der Waals surface area contributed by atoms with Crippen molar-refractivity contribution < 1.29 is 9.53 Å². The van der Waals surface area contributed by atoms with Crippen LogP contribution >= 0.6 is 0 Å². The fraction of sp³-hybridized carbons (Fsp3) is 0.529. The molecule has 1 aromatic carbocycles. The predicted molar refractivity (Wildman–Crippen MR) is 83.7 cm³/mol. The van der Waals surface area contributed by atoms with E-state index < -0.39 is 0 Å². The first-order valence-electron chi connectivity index (χ1n) is 7.93. The van der Waals surface area contributed by atoms with Crippen LogP contribution in [0.4, 0.5) is 10.5 Å². The number of urea groups is 1. The molecule has 0 aliphatic heterocycles.